The first-order valence-corrected chi connectivity index (χ1v) is 6.33. The Morgan fingerprint density at radius 2 is 1.94 bits per heavy atom. The van der Waals surface area contributed by atoms with Crippen molar-refractivity contribution in [1.29, 1.82) is 0 Å². The van der Waals surface area contributed by atoms with Gasteiger partial charge in [0.2, 0.25) is 5.91 Å². The molecule has 1 fully saturated rings. The van der Waals surface area contributed by atoms with Crippen LogP contribution in [0.4, 0.5) is 0 Å². The van der Waals surface area contributed by atoms with Crippen molar-refractivity contribution >= 4 is 5.91 Å². The van der Waals surface area contributed by atoms with Crippen LogP contribution in [0, 0.1) is 0 Å². The second-order valence-electron chi connectivity index (χ2n) is 5.16. The Morgan fingerprint density at radius 1 is 1.33 bits per heavy atom. The van der Waals surface area contributed by atoms with Crippen LogP contribution in [0.5, 0.6) is 0 Å². The smallest absolute Gasteiger partial charge is 0.240 e. The molecule has 1 aliphatic rings. The average molecular weight is 248 g/mol. The fourth-order valence-corrected chi connectivity index (χ4v) is 2.86. The van der Waals surface area contributed by atoms with Crippen molar-refractivity contribution in [3.05, 3.63) is 24.3 Å². The Labute approximate surface area is 107 Å². The lowest BCUT2D eigenvalue weighted by molar-refractivity contribution is -0.130. The zero-order valence-corrected chi connectivity index (χ0v) is 10.9. The van der Waals surface area contributed by atoms with E-state index >= 15 is 0 Å². The molecule has 3 N–H and O–H groups in total. The zero-order chi connectivity index (χ0) is 13.2. The zero-order valence-electron chi connectivity index (χ0n) is 10.9. The SMILES string of the molecule is CNC(=O)C1(N)CCCCC1(C)c1ncccn1. The van der Waals surface area contributed by atoms with Crippen molar-refractivity contribution in [3.8, 4) is 0 Å². The first-order valence-electron chi connectivity index (χ1n) is 6.33. The van der Waals surface area contributed by atoms with E-state index in [0.29, 0.717) is 12.2 Å². The maximum absolute atomic E-state index is 12.2. The maximum Gasteiger partial charge on any atom is 0.240 e. The predicted molar refractivity (Wildman–Crippen MR) is 68.8 cm³/mol. The monoisotopic (exact) mass is 248 g/mol. The van der Waals surface area contributed by atoms with E-state index in [1.807, 2.05) is 6.92 Å². The number of hydrogen-bond donors (Lipinski definition) is 2. The molecular formula is C13H20N4O. The van der Waals surface area contributed by atoms with Crippen molar-refractivity contribution in [2.75, 3.05) is 7.05 Å². The molecule has 98 valence electrons. The Bertz CT molecular complexity index is 436. The molecule has 1 saturated carbocycles. The van der Waals surface area contributed by atoms with Crippen LogP contribution in [-0.2, 0) is 10.2 Å². The lowest BCUT2D eigenvalue weighted by Crippen LogP contribution is -2.66. The third-order valence-electron chi connectivity index (χ3n) is 4.17. The lowest BCUT2D eigenvalue weighted by atomic mass is 9.61. The summed E-state index contributed by atoms with van der Waals surface area (Å²) in [6.07, 6.45) is 6.92. The Hall–Kier alpha value is -1.49. The number of nitrogens with two attached hydrogens (primary N) is 1. The molecule has 0 aromatic carbocycles. The highest BCUT2D eigenvalue weighted by Gasteiger charge is 2.54. The van der Waals surface area contributed by atoms with Gasteiger partial charge in [-0.05, 0) is 18.9 Å². The van der Waals surface area contributed by atoms with Gasteiger partial charge in [0.15, 0.2) is 0 Å². The van der Waals surface area contributed by atoms with E-state index in [1.165, 1.54) is 0 Å². The molecule has 0 bridgehead atoms. The number of rotatable bonds is 2. The molecule has 0 saturated heterocycles. The number of likely N-dealkylation sites (N-methyl/N-ethyl adjacent to an activating group) is 1. The summed E-state index contributed by atoms with van der Waals surface area (Å²) in [6, 6.07) is 1.77. The molecule has 1 amide bonds. The first kappa shape index (κ1) is 13.0. The van der Waals surface area contributed by atoms with Crippen LogP contribution in [0.2, 0.25) is 0 Å². The van der Waals surface area contributed by atoms with Crippen LogP contribution >= 0.6 is 0 Å². The van der Waals surface area contributed by atoms with Gasteiger partial charge in [0.1, 0.15) is 11.4 Å². The minimum absolute atomic E-state index is 0.128. The first-order chi connectivity index (χ1) is 8.54. The summed E-state index contributed by atoms with van der Waals surface area (Å²) in [5.41, 5.74) is 5.00. The molecule has 1 aliphatic carbocycles. The van der Waals surface area contributed by atoms with E-state index in [2.05, 4.69) is 15.3 Å². The van der Waals surface area contributed by atoms with Gasteiger partial charge < -0.3 is 11.1 Å². The average Bonchev–Trinajstić information content (AvgIpc) is 2.42. The van der Waals surface area contributed by atoms with Crippen molar-refractivity contribution in [2.24, 2.45) is 5.73 Å². The van der Waals surface area contributed by atoms with Crippen LogP contribution < -0.4 is 11.1 Å². The third kappa shape index (κ3) is 1.79. The summed E-state index contributed by atoms with van der Waals surface area (Å²) in [5, 5.41) is 2.68. The number of carbonyl (C=O) groups excluding carboxylic acids is 1. The standard InChI is InChI=1S/C13H20N4O/c1-12(10-16-8-5-9-17-10)6-3-4-7-13(12,14)11(18)15-2/h5,8-9H,3-4,6-7,14H2,1-2H3,(H,15,18). The molecule has 1 aromatic heterocycles. The molecule has 0 spiro atoms. The van der Waals surface area contributed by atoms with Gasteiger partial charge in [-0.2, -0.15) is 0 Å². The molecule has 1 aromatic rings. The van der Waals surface area contributed by atoms with E-state index in [9.17, 15) is 4.79 Å². The van der Waals surface area contributed by atoms with E-state index < -0.39 is 11.0 Å². The van der Waals surface area contributed by atoms with Gasteiger partial charge in [-0.15, -0.1) is 0 Å². The molecule has 2 unspecified atom stereocenters. The number of nitrogens with one attached hydrogen (secondary N) is 1. The highest BCUT2D eigenvalue weighted by Crippen LogP contribution is 2.43. The van der Waals surface area contributed by atoms with Crippen LogP contribution in [0.1, 0.15) is 38.4 Å². The molecule has 5 nitrogen and oxygen atoms in total. The highest BCUT2D eigenvalue weighted by molar-refractivity contribution is 5.88. The van der Waals surface area contributed by atoms with Crippen LogP contribution in [0.3, 0.4) is 0 Å². The fourth-order valence-electron chi connectivity index (χ4n) is 2.86. The van der Waals surface area contributed by atoms with E-state index in [4.69, 9.17) is 5.73 Å². The van der Waals surface area contributed by atoms with Crippen molar-refractivity contribution < 1.29 is 4.79 Å². The maximum atomic E-state index is 12.2. The largest absolute Gasteiger partial charge is 0.358 e. The molecule has 5 heteroatoms. The molecule has 18 heavy (non-hydrogen) atoms. The van der Waals surface area contributed by atoms with Crippen molar-refractivity contribution in [3.63, 3.8) is 0 Å². The van der Waals surface area contributed by atoms with Gasteiger partial charge in [-0.1, -0.05) is 19.8 Å². The van der Waals surface area contributed by atoms with Gasteiger partial charge >= 0.3 is 0 Å². The lowest BCUT2D eigenvalue weighted by Gasteiger charge is -2.46. The fraction of sp³-hybridized carbons (Fsp3) is 0.615. The highest BCUT2D eigenvalue weighted by atomic mass is 16.2. The van der Waals surface area contributed by atoms with Crippen molar-refractivity contribution in [1.82, 2.24) is 15.3 Å². The molecule has 2 atom stereocenters. The van der Waals surface area contributed by atoms with Gasteiger partial charge in [0, 0.05) is 19.4 Å². The van der Waals surface area contributed by atoms with E-state index in [-0.39, 0.29) is 5.91 Å². The summed E-state index contributed by atoms with van der Waals surface area (Å²) < 4.78 is 0. The normalized spacial score (nSPS) is 31.9. The number of aromatic nitrogens is 2. The quantitative estimate of drug-likeness (QED) is 0.809. The number of carbonyl (C=O) groups is 1. The Kier molecular flexibility index (Phi) is 3.34. The third-order valence-corrected chi connectivity index (χ3v) is 4.17. The number of hydrogen-bond acceptors (Lipinski definition) is 4. The van der Waals surface area contributed by atoms with Crippen molar-refractivity contribution in [2.45, 2.75) is 43.6 Å². The minimum atomic E-state index is -0.929. The summed E-state index contributed by atoms with van der Waals surface area (Å²) in [6.45, 7) is 2.00. The van der Waals surface area contributed by atoms with E-state index in [1.54, 1.807) is 25.5 Å². The summed E-state index contributed by atoms with van der Waals surface area (Å²) in [4.78, 5) is 20.8. The second kappa shape index (κ2) is 4.65. The number of amides is 1. The summed E-state index contributed by atoms with van der Waals surface area (Å²) >= 11 is 0. The van der Waals surface area contributed by atoms with Gasteiger partial charge in [-0.3, -0.25) is 4.79 Å². The Balaban J connectivity index is 2.47. The molecular weight excluding hydrogens is 228 g/mol. The predicted octanol–water partition coefficient (Wildman–Crippen LogP) is 0.752. The molecule has 0 radical (unpaired) electrons. The van der Waals surface area contributed by atoms with Gasteiger partial charge in [-0.25, -0.2) is 9.97 Å². The minimum Gasteiger partial charge on any atom is -0.358 e. The topological polar surface area (TPSA) is 80.9 Å². The van der Waals surface area contributed by atoms with Crippen LogP contribution in [0.15, 0.2) is 18.5 Å². The van der Waals surface area contributed by atoms with Crippen LogP contribution in [0.25, 0.3) is 0 Å². The van der Waals surface area contributed by atoms with Gasteiger partial charge in [0.25, 0.3) is 0 Å². The Morgan fingerprint density at radius 3 is 2.56 bits per heavy atom. The van der Waals surface area contributed by atoms with E-state index in [0.717, 1.165) is 19.3 Å². The van der Waals surface area contributed by atoms with Crippen LogP contribution in [-0.4, -0.2) is 28.5 Å². The molecule has 2 rings (SSSR count). The molecule has 0 aliphatic heterocycles. The molecule has 1 heterocycles. The summed E-state index contributed by atoms with van der Waals surface area (Å²) in [5.74, 6) is 0.535. The van der Waals surface area contributed by atoms with Gasteiger partial charge in [0.05, 0.1) is 5.41 Å². The number of nitrogens with zero attached hydrogens (tertiary/aromatic N) is 2. The summed E-state index contributed by atoms with van der Waals surface area (Å²) in [7, 11) is 1.62. The second-order valence-corrected chi connectivity index (χ2v) is 5.16.